The van der Waals surface area contributed by atoms with Gasteiger partial charge in [-0.2, -0.15) is 0 Å². The average Bonchev–Trinajstić information content (AvgIpc) is 2.72. The van der Waals surface area contributed by atoms with Crippen LogP contribution in [0.3, 0.4) is 0 Å². The van der Waals surface area contributed by atoms with E-state index in [-0.39, 0.29) is 6.42 Å². The molecule has 0 aliphatic carbocycles. The molecule has 0 aromatic rings. The molecule has 0 radical (unpaired) electrons. The number of carboxylic acid groups (broad SMARTS) is 1. The molecule has 0 spiro atoms. The molecule has 180 valence electrons. The van der Waals surface area contributed by atoms with Crippen molar-refractivity contribution in [3.05, 3.63) is 0 Å². The van der Waals surface area contributed by atoms with E-state index in [1.165, 1.54) is 102 Å². The summed E-state index contributed by atoms with van der Waals surface area (Å²) in [7, 11) is 1.48. The highest BCUT2D eigenvalue weighted by Gasteiger charge is 2.45. The summed E-state index contributed by atoms with van der Waals surface area (Å²) in [6.07, 6.45) is 20.8. The zero-order chi connectivity index (χ0) is 22.9. The number of nitrogens with zero attached hydrogens (tertiary/aromatic N) is 1. The molecule has 0 aromatic heterocycles. The SMILES string of the molecule is CCCCCCCCCCCCCCCCCCC(O)(O)N(C)C(C)(CC)C(=O)O. The van der Waals surface area contributed by atoms with Crippen LogP contribution in [0.25, 0.3) is 0 Å². The Morgan fingerprint density at radius 1 is 0.700 bits per heavy atom. The van der Waals surface area contributed by atoms with Gasteiger partial charge in [-0.1, -0.05) is 110 Å². The Morgan fingerprint density at radius 2 is 1.03 bits per heavy atom. The second-order valence-corrected chi connectivity index (χ2v) is 9.32. The van der Waals surface area contributed by atoms with Gasteiger partial charge in [0.25, 0.3) is 0 Å². The van der Waals surface area contributed by atoms with Crippen LogP contribution in [0.5, 0.6) is 0 Å². The Labute approximate surface area is 186 Å². The van der Waals surface area contributed by atoms with Gasteiger partial charge in [0.2, 0.25) is 5.91 Å². The Morgan fingerprint density at radius 3 is 1.33 bits per heavy atom. The molecule has 0 saturated carbocycles. The third-order valence-corrected chi connectivity index (χ3v) is 6.79. The molecule has 0 amide bonds. The number of likely N-dealkylation sites (N-methyl/N-ethyl adjacent to an activating group) is 1. The van der Waals surface area contributed by atoms with Crippen LogP contribution in [-0.2, 0) is 4.79 Å². The molecular formula is C25H51NO4. The Kier molecular flexibility index (Phi) is 16.6. The van der Waals surface area contributed by atoms with Crippen LogP contribution in [0.2, 0.25) is 0 Å². The molecule has 0 aliphatic heterocycles. The highest BCUT2D eigenvalue weighted by atomic mass is 16.5. The van der Waals surface area contributed by atoms with Crippen LogP contribution in [0.1, 0.15) is 136 Å². The minimum Gasteiger partial charge on any atom is -0.480 e. The molecule has 0 saturated heterocycles. The molecule has 30 heavy (non-hydrogen) atoms. The van der Waals surface area contributed by atoms with Crippen LogP contribution in [-0.4, -0.2) is 44.7 Å². The van der Waals surface area contributed by atoms with Gasteiger partial charge < -0.3 is 15.3 Å². The van der Waals surface area contributed by atoms with Crippen LogP contribution in [0, 0.1) is 0 Å². The minimum absolute atomic E-state index is 0.171. The van der Waals surface area contributed by atoms with E-state index in [0.717, 1.165) is 12.8 Å². The zero-order valence-corrected chi connectivity index (χ0v) is 20.4. The fourth-order valence-corrected chi connectivity index (χ4v) is 4.01. The van der Waals surface area contributed by atoms with Gasteiger partial charge in [0.1, 0.15) is 5.54 Å². The molecule has 1 atom stereocenters. The summed E-state index contributed by atoms with van der Waals surface area (Å²) in [5, 5.41) is 30.1. The first-order chi connectivity index (χ1) is 14.2. The normalized spacial score (nSPS) is 14.2. The molecule has 1 unspecified atom stereocenters. The molecule has 0 aromatic carbocycles. The largest absolute Gasteiger partial charge is 0.480 e. The van der Waals surface area contributed by atoms with Crippen molar-refractivity contribution in [2.75, 3.05) is 7.05 Å². The lowest BCUT2D eigenvalue weighted by Crippen LogP contribution is -2.61. The summed E-state index contributed by atoms with van der Waals surface area (Å²) in [6.45, 7) is 5.54. The van der Waals surface area contributed by atoms with Crippen molar-refractivity contribution < 1.29 is 20.1 Å². The topological polar surface area (TPSA) is 81.0 Å². The number of aliphatic carboxylic acids is 1. The highest BCUT2D eigenvalue weighted by Crippen LogP contribution is 2.27. The quantitative estimate of drug-likeness (QED) is 0.144. The van der Waals surface area contributed by atoms with Crippen molar-refractivity contribution in [3.8, 4) is 0 Å². The summed E-state index contributed by atoms with van der Waals surface area (Å²) in [6, 6.07) is 0. The lowest BCUT2D eigenvalue weighted by Gasteiger charge is -2.42. The third kappa shape index (κ3) is 12.3. The lowest BCUT2D eigenvalue weighted by molar-refractivity contribution is -0.285. The smallest absolute Gasteiger partial charge is 0.323 e. The first kappa shape index (κ1) is 29.4. The van der Waals surface area contributed by atoms with Crippen LogP contribution in [0.15, 0.2) is 0 Å². The van der Waals surface area contributed by atoms with Gasteiger partial charge in [-0.3, -0.25) is 4.79 Å². The predicted molar refractivity (Wildman–Crippen MR) is 125 cm³/mol. The number of carbonyl (C=O) groups is 1. The fourth-order valence-electron chi connectivity index (χ4n) is 4.01. The van der Waals surface area contributed by atoms with E-state index in [1.807, 2.05) is 0 Å². The van der Waals surface area contributed by atoms with Crippen LogP contribution >= 0.6 is 0 Å². The number of unbranched alkanes of at least 4 members (excludes halogenated alkanes) is 15. The van der Waals surface area contributed by atoms with Crippen molar-refractivity contribution in [3.63, 3.8) is 0 Å². The van der Waals surface area contributed by atoms with Crippen LogP contribution in [0.4, 0.5) is 0 Å². The van der Waals surface area contributed by atoms with Gasteiger partial charge in [0.15, 0.2) is 0 Å². The maximum atomic E-state index is 11.5. The van der Waals surface area contributed by atoms with Gasteiger partial charge >= 0.3 is 5.97 Å². The summed E-state index contributed by atoms with van der Waals surface area (Å²) < 4.78 is 0. The summed E-state index contributed by atoms with van der Waals surface area (Å²) in [5.74, 6) is -3.12. The second-order valence-electron chi connectivity index (χ2n) is 9.32. The van der Waals surface area contributed by atoms with Gasteiger partial charge in [-0.05, 0) is 26.8 Å². The average molecular weight is 430 g/mol. The summed E-state index contributed by atoms with van der Waals surface area (Å²) in [4.78, 5) is 12.7. The number of hydrogen-bond donors (Lipinski definition) is 3. The minimum atomic E-state index is -2.08. The molecule has 0 aliphatic rings. The molecule has 0 fully saturated rings. The highest BCUT2D eigenvalue weighted by molar-refractivity contribution is 5.78. The van der Waals surface area contributed by atoms with E-state index in [4.69, 9.17) is 0 Å². The number of rotatable bonds is 21. The number of aliphatic hydroxyl groups is 2. The first-order valence-electron chi connectivity index (χ1n) is 12.6. The van der Waals surface area contributed by atoms with Gasteiger partial charge in [0.05, 0.1) is 0 Å². The maximum Gasteiger partial charge on any atom is 0.323 e. The van der Waals surface area contributed by atoms with E-state index < -0.39 is 17.4 Å². The molecular weight excluding hydrogens is 378 g/mol. The summed E-state index contributed by atoms with van der Waals surface area (Å²) >= 11 is 0. The summed E-state index contributed by atoms with van der Waals surface area (Å²) in [5.41, 5.74) is -1.28. The van der Waals surface area contributed by atoms with E-state index in [9.17, 15) is 20.1 Å². The molecule has 0 bridgehead atoms. The van der Waals surface area contributed by atoms with Crippen molar-refractivity contribution in [1.29, 1.82) is 0 Å². The van der Waals surface area contributed by atoms with E-state index >= 15 is 0 Å². The lowest BCUT2D eigenvalue weighted by atomic mass is 9.95. The van der Waals surface area contributed by atoms with Crippen molar-refractivity contribution in [1.82, 2.24) is 4.90 Å². The Balaban J connectivity index is 3.64. The van der Waals surface area contributed by atoms with E-state index in [1.54, 1.807) is 6.92 Å². The van der Waals surface area contributed by atoms with Gasteiger partial charge in [-0.25, -0.2) is 4.90 Å². The van der Waals surface area contributed by atoms with Crippen molar-refractivity contribution in [2.45, 2.75) is 148 Å². The second kappa shape index (κ2) is 17.0. The fraction of sp³-hybridized carbons (Fsp3) is 0.960. The number of hydrogen-bond acceptors (Lipinski definition) is 4. The van der Waals surface area contributed by atoms with Crippen molar-refractivity contribution >= 4 is 5.97 Å². The number of carboxylic acids is 1. The Hall–Kier alpha value is -0.650. The predicted octanol–water partition coefficient (Wildman–Crippen LogP) is 6.46. The van der Waals surface area contributed by atoms with E-state index in [2.05, 4.69) is 6.92 Å². The van der Waals surface area contributed by atoms with Crippen molar-refractivity contribution in [2.24, 2.45) is 0 Å². The van der Waals surface area contributed by atoms with E-state index in [0.29, 0.717) is 12.8 Å². The van der Waals surface area contributed by atoms with Gasteiger partial charge in [0, 0.05) is 6.42 Å². The Bertz CT molecular complexity index is 427. The van der Waals surface area contributed by atoms with Crippen LogP contribution < -0.4 is 0 Å². The third-order valence-electron chi connectivity index (χ3n) is 6.79. The standard InChI is InChI=1S/C25H51NO4/c1-5-7-8-9-10-11-12-13-14-15-16-17-18-19-20-21-22-25(29,30)26(4)24(3,6-2)23(27)28/h29-30H,5-22H2,1-4H3,(H,27,28). The molecule has 0 rings (SSSR count). The molecule has 5 heteroatoms. The first-order valence-corrected chi connectivity index (χ1v) is 12.6. The zero-order valence-electron chi connectivity index (χ0n) is 20.4. The monoisotopic (exact) mass is 429 g/mol. The molecule has 5 nitrogen and oxygen atoms in total. The molecule has 3 N–H and O–H groups in total. The van der Waals surface area contributed by atoms with Gasteiger partial charge in [-0.15, -0.1) is 0 Å². The molecule has 0 heterocycles. The maximum absolute atomic E-state index is 11.5.